The lowest BCUT2D eigenvalue weighted by atomic mass is 9.85. The summed E-state index contributed by atoms with van der Waals surface area (Å²) in [5.41, 5.74) is 0.0593. The summed E-state index contributed by atoms with van der Waals surface area (Å²) in [6.07, 6.45) is 2.58. The molecule has 1 saturated heterocycles. The Labute approximate surface area is 147 Å². The van der Waals surface area contributed by atoms with Crippen molar-refractivity contribution in [1.82, 2.24) is 0 Å². The van der Waals surface area contributed by atoms with Gasteiger partial charge in [-0.15, -0.1) is 0 Å². The largest absolute Gasteiger partial charge is 0.405 e. The molecule has 0 bridgehead atoms. The fraction of sp³-hybridized carbons (Fsp3) is 0.429. The lowest BCUT2D eigenvalue weighted by Gasteiger charge is -2.37. The summed E-state index contributed by atoms with van der Waals surface area (Å²) in [5, 5.41) is 2.66. The van der Waals surface area contributed by atoms with Gasteiger partial charge in [-0.25, -0.2) is 0 Å². The van der Waals surface area contributed by atoms with E-state index in [1.165, 1.54) is 10.4 Å². The molecule has 2 aromatic carbocycles. The van der Waals surface area contributed by atoms with Gasteiger partial charge in [0, 0.05) is 6.61 Å². The molecule has 2 nitrogen and oxygen atoms in total. The number of rotatable bonds is 5. The average molecular weight is 341 g/mol. The second-order valence-corrected chi connectivity index (χ2v) is 10.0. The summed E-state index contributed by atoms with van der Waals surface area (Å²) in [5.74, 6) is 0. The lowest BCUT2D eigenvalue weighted by molar-refractivity contribution is -0.0401. The Hall–Kier alpha value is -1.42. The topological polar surface area (TPSA) is 18.5 Å². The Morgan fingerprint density at radius 3 is 1.92 bits per heavy atom. The van der Waals surface area contributed by atoms with E-state index in [2.05, 4.69) is 81.4 Å². The Kier molecular flexibility index (Phi) is 5.54. The number of hydrogen-bond donors (Lipinski definition) is 0. The Morgan fingerprint density at radius 1 is 0.958 bits per heavy atom. The molecule has 2 aromatic rings. The van der Waals surface area contributed by atoms with Crippen LogP contribution >= 0.6 is 0 Å². The van der Waals surface area contributed by atoms with Crippen molar-refractivity contribution in [1.29, 1.82) is 0 Å². The van der Waals surface area contributed by atoms with Crippen LogP contribution in [0.4, 0.5) is 0 Å². The molecular weight excluding hydrogens is 312 g/mol. The molecule has 1 unspecified atom stereocenters. The minimum atomic E-state index is -1.74. The molecule has 0 aromatic heterocycles. The van der Waals surface area contributed by atoms with Crippen molar-refractivity contribution in [2.24, 2.45) is 5.41 Å². The Balaban J connectivity index is 1.93. The summed E-state index contributed by atoms with van der Waals surface area (Å²) >= 11 is 0. The van der Waals surface area contributed by atoms with Crippen molar-refractivity contribution in [3.8, 4) is 0 Å². The zero-order valence-electron chi connectivity index (χ0n) is 14.9. The van der Waals surface area contributed by atoms with Gasteiger partial charge in [0.2, 0.25) is 9.04 Å². The lowest BCUT2D eigenvalue weighted by Crippen LogP contribution is -2.52. The van der Waals surface area contributed by atoms with E-state index in [1.54, 1.807) is 0 Å². The molecule has 1 aliphatic rings. The highest BCUT2D eigenvalue weighted by molar-refractivity contribution is 6.80. The van der Waals surface area contributed by atoms with Crippen LogP contribution in [-0.2, 0) is 9.16 Å². The second kappa shape index (κ2) is 7.64. The minimum Gasteiger partial charge on any atom is -0.405 e. The molecule has 3 rings (SSSR count). The van der Waals surface area contributed by atoms with E-state index in [0.29, 0.717) is 0 Å². The van der Waals surface area contributed by atoms with Crippen molar-refractivity contribution >= 4 is 19.4 Å². The maximum atomic E-state index is 6.88. The van der Waals surface area contributed by atoms with E-state index < -0.39 is 9.04 Å². The maximum absolute atomic E-state index is 6.88. The van der Waals surface area contributed by atoms with Crippen molar-refractivity contribution in [2.45, 2.75) is 45.8 Å². The zero-order chi connectivity index (χ0) is 17.0. The summed E-state index contributed by atoms with van der Waals surface area (Å²) in [6.45, 7) is 7.66. The van der Waals surface area contributed by atoms with Crippen LogP contribution < -0.4 is 10.4 Å². The number of ether oxygens (including phenoxy) is 1. The van der Waals surface area contributed by atoms with Crippen LogP contribution in [-0.4, -0.2) is 27.9 Å². The third-order valence-electron chi connectivity index (χ3n) is 4.64. The van der Waals surface area contributed by atoms with Gasteiger partial charge in [-0.2, -0.15) is 0 Å². The Bertz CT molecular complexity index is 576. The molecule has 3 heteroatoms. The van der Waals surface area contributed by atoms with E-state index in [0.717, 1.165) is 19.4 Å². The normalized spacial score (nSPS) is 19.6. The van der Waals surface area contributed by atoms with Crippen molar-refractivity contribution in [3.05, 3.63) is 60.7 Å². The molecule has 0 saturated carbocycles. The van der Waals surface area contributed by atoms with Crippen molar-refractivity contribution in [2.75, 3.05) is 6.61 Å². The van der Waals surface area contributed by atoms with E-state index in [9.17, 15) is 0 Å². The first kappa shape index (κ1) is 17.4. The summed E-state index contributed by atoms with van der Waals surface area (Å²) in [7, 11) is -1.74. The second-order valence-electron chi connectivity index (χ2n) is 7.68. The van der Waals surface area contributed by atoms with Gasteiger partial charge in [-0.3, -0.25) is 0 Å². The molecule has 0 aliphatic carbocycles. The van der Waals surface area contributed by atoms with E-state index in [1.807, 2.05) is 0 Å². The van der Waals surface area contributed by atoms with Crippen LogP contribution in [0.1, 0.15) is 33.6 Å². The molecular formula is C21H28O2Si. The van der Waals surface area contributed by atoms with Crippen LogP contribution in [0.3, 0.4) is 0 Å². The van der Waals surface area contributed by atoms with Gasteiger partial charge in [0.1, 0.15) is 0 Å². The SMILES string of the molecule is CC(C)(C)C(O[SiH](c1ccccc1)c1ccccc1)[C@@H]1CCCO1. The predicted molar refractivity (Wildman–Crippen MR) is 103 cm³/mol. The molecule has 1 fully saturated rings. The molecule has 24 heavy (non-hydrogen) atoms. The Morgan fingerprint density at radius 2 is 1.50 bits per heavy atom. The summed E-state index contributed by atoms with van der Waals surface area (Å²) in [6, 6.07) is 21.4. The standard InChI is InChI=1S/C21H28O2Si/c1-21(2,3)20(19-15-10-16-22-19)23-24(17-11-6-4-7-12-17)18-13-8-5-9-14-18/h4-9,11-14,19-20,24H,10,15-16H2,1-3H3/t19-,20?/m0/s1. The monoisotopic (exact) mass is 340 g/mol. The highest BCUT2D eigenvalue weighted by atomic mass is 28.3. The van der Waals surface area contributed by atoms with E-state index >= 15 is 0 Å². The van der Waals surface area contributed by atoms with Gasteiger partial charge in [0.15, 0.2) is 0 Å². The molecule has 128 valence electrons. The highest BCUT2D eigenvalue weighted by Crippen LogP contribution is 2.31. The van der Waals surface area contributed by atoms with Gasteiger partial charge in [0.05, 0.1) is 12.2 Å². The molecule has 2 atom stereocenters. The first-order chi connectivity index (χ1) is 11.6. The summed E-state index contributed by atoms with van der Waals surface area (Å²) < 4.78 is 12.9. The molecule has 0 spiro atoms. The van der Waals surface area contributed by atoms with Gasteiger partial charge in [0.25, 0.3) is 0 Å². The van der Waals surface area contributed by atoms with Gasteiger partial charge in [-0.1, -0.05) is 81.4 Å². The van der Waals surface area contributed by atoms with Crippen molar-refractivity contribution in [3.63, 3.8) is 0 Å². The van der Waals surface area contributed by atoms with Crippen LogP contribution in [0.5, 0.6) is 0 Å². The molecule has 0 radical (unpaired) electrons. The fourth-order valence-electron chi connectivity index (χ4n) is 3.44. The highest BCUT2D eigenvalue weighted by Gasteiger charge is 2.38. The van der Waals surface area contributed by atoms with Crippen molar-refractivity contribution < 1.29 is 9.16 Å². The number of hydrogen-bond acceptors (Lipinski definition) is 2. The third kappa shape index (κ3) is 4.15. The first-order valence-corrected chi connectivity index (χ1v) is 10.6. The van der Waals surface area contributed by atoms with Crippen LogP contribution in [0.15, 0.2) is 60.7 Å². The van der Waals surface area contributed by atoms with E-state index in [4.69, 9.17) is 9.16 Å². The van der Waals surface area contributed by atoms with Crippen LogP contribution in [0, 0.1) is 5.41 Å². The van der Waals surface area contributed by atoms with E-state index in [-0.39, 0.29) is 17.6 Å². The van der Waals surface area contributed by atoms with Crippen LogP contribution in [0.2, 0.25) is 0 Å². The predicted octanol–water partition coefficient (Wildman–Crippen LogP) is 3.13. The van der Waals surface area contributed by atoms with Gasteiger partial charge in [-0.05, 0) is 28.6 Å². The quantitative estimate of drug-likeness (QED) is 0.779. The molecule has 1 aliphatic heterocycles. The van der Waals surface area contributed by atoms with Gasteiger partial charge >= 0.3 is 0 Å². The first-order valence-electron chi connectivity index (χ1n) is 8.92. The average Bonchev–Trinajstić information content (AvgIpc) is 3.10. The minimum absolute atomic E-state index is 0.0593. The molecule has 0 N–H and O–H groups in total. The fourth-order valence-corrected chi connectivity index (χ4v) is 6.16. The van der Waals surface area contributed by atoms with Gasteiger partial charge < -0.3 is 9.16 Å². The third-order valence-corrected chi connectivity index (χ3v) is 7.19. The molecule has 1 heterocycles. The smallest absolute Gasteiger partial charge is 0.240 e. The molecule has 0 amide bonds. The maximum Gasteiger partial charge on any atom is 0.240 e. The van der Waals surface area contributed by atoms with Crippen LogP contribution in [0.25, 0.3) is 0 Å². The number of benzene rings is 2. The summed E-state index contributed by atoms with van der Waals surface area (Å²) in [4.78, 5) is 0. The zero-order valence-corrected chi connectivity index (χ0v) is 16.1.